The molecule has 0 fully saturated rings. The molecule has 0 aliphatic carbocycles. The second-order valence-electron chi connectivity index (χ2n) is 4.83. The summed E-state index contributed by atoms with van der Waals surface area (Å²) in [6.45, 7) is 3.93. The topological polar surface area (TPSA) is 55.1 Å². The Morgan fingerprint density at radius 1 is 1.30 bits per heavy atom. The standard InChI is InChI=1S/C16H20N2OS/c1-3-12-6-8-13(9-7-12)15(14-5-4-10-20-14)18-11(2)16(17)19/h4-11,15,18H,3H2,1-2H3,(H2,17,19)/t11-,15+/m1/s1. The maximum atomic E-state index is 11.3. The Morgan fingerprint density at radius 3 is 2.50 bits per heavy atom. The number of aryl methyl sites for hydroxylation is 1. The average molecular weight is 288 g/mol. The summed E-state index contributed by atoms with van der Waals surface area (Å²) in [6.07, 6.45) is 1.02. The van der Waals surface area contributed by atoms with Crippen LogP contribution < -0.4 is 11.1 Å². The van der Waals surface area contributed by atoms with E-state index in [4.69, 9.17) is 5.73 Å². The van der Waals surface area contributed by atoms with E-state index in [2.05, 4.69) is 42.6 Å². The molecule has 0 aliphatic rings. The number of primary amides is 1. The second-order valence-corrected chi connectivity index (χ2v) is 5.81. The lowest BCUT2D eigenvalue weighted by Crippen LogP contribution is -2.40. The Bertz CT molecular complexity index is 548. The minimum atomic E-state index is -0.368. The van der Waals surface area contributed by atoms with Gasteiger partial charge in [-0.1, -0.05) is 37.3 Å². The van der Waals surface area contributed by atoms with Gasteiger partial charge >= 0.3 is 0 Å². The highest BCUT2D eigenvalue weighted by Gasteiger charge is 2.19. The van der Waals surface area contributed by atoms with Gasteiger partial charge in [0.25, 0.3) is 0 Å². The van der Waals surface area contributed by atoms with Crippen LogP contribution in [0.15, 0.2) is 41.8 Å². The molecule has 1 aromatic heterocycles. The van der Waals surface area contributed by atoms with Crippen molar-refractivity contribution in [2.45, 2.75) is 32.4 Å². The number of hydrogen-bond acceptors (Lipinski definition) is 3. The van der Waals surface area contributed by atoms with Crippen molar-refractivity contribution in [2.24, 2.45) is 5.73 Å². The summed E-state index contributed by atoms with van der Waals surface area (Å²) in [7, 11) is 0. The monoisotopic (exact) mass is 288 g/mol. The number of thiophene rings is 1. The molecule has 3 N–H and O–H groups in total. The van der Waals surface area contributed by atoms with Crippen LogP contribution in [0.3, 0.4) is 0 Å². The van der Waals surface area contributed by atoms with Crippen LogP contribution in [0.2, 0.25) is 0 Å². The third-order valence-corrected chi connectivity index (χ3v) is 4.33. The van der Waals surface area contributed by atoms with E-state index < -0.39 is 0 Å². The third-order valence-electron chi connectivity index (χ3n) is 3.39. The van der Waals surface area contributed by atoms with Gasteiger partial charge in [0.05, 0.1) is 12.1 Å². The van der Waals surface area contributed by atoms with Crippen LogP contribution in [0, 0.1) is 0 Å². The summed E-state index contributed by atoms with van der Waals surface area (Å²) < 4.78 is 0. The zero-order valence-electron chi connectivity index (χ0n) is 11.8. The molecule has 0 saturated heterocycles. The molecule has 2 aromatic rings. The Balaban J connectivity index is 2.28. The van der Waals surface area contributed by atoms with Gasteiger partial charge in [0.1, 0.15) is 0 Å². The summed E-state index contributed by atoms with van der Waals surface area (Å²) >= 11 is 1.67. The van der Waals surface area contributed by atoms with Gasteiger partial charge in [-0.2, -0.15) is 0 Å². The molecular weight excluding hydrogens is 268 g/mol. The van der Waals surface area contributed by atoms with E-state index in [0.29, 0.717) is 0 Å². The molecule has 106 valence electrons. The first-order valence-electron chi connectivity index (χ1n) is 6.79. The molecule has 20 heavy (non-hydrogen) atoms. The summed E-state index contributed by atoms with van der Waals surface area (Å²) in [6, 6.07) is 12.2. The Kier molecular flexibility index (Phi) is 4.93. The first-order valence-corrected chi connectivity index (χ1v) is 7.67. The first-order chi connectivity index (χ1) is 9.61. The van der Waals surface area contributed by atoms with E-state index in [0.717, 1.165) is 12.0 Å². The van der Waals surface area contributed by atoms with Crippen LogP contribution in [-0.4, -0.2) is 11.9 Å². The van der Waals surface area contributed by atoms with Crippen molar-refractivity contribution >= 4 is 17.2 Å². The summed E-state index contributed by atoms with van der Waals surface area (Å²) in [5.41, 5.74) is 7.82. The van der Waals surface area contributed by atoms with Gasteiger partial charge in [-0.15, -0.1) is 11.3 Å². The molecule has 0 saturated carbocycles. The highest BCUT2D eigenvalue weighted by atomic mass is 32.1. The zero-order valence-corrected chi connectivity index (χ0v) is 12.6. The van der Waals surface area contributed by atoms with Crippen molar-refractivity contribution in [2.75, 3.05) is 0 Å². The highest BCUT2D eigenvalue weighted by Crippen LogP contribution is 2.26. The van der Waals surface area contributed by atoms with Crippen LogP contribution >= 0.6 is 11.3 Å². The van der Waals surface area contributed by atoms with Gasteiger partial charge in [-0.05, 0) is 35.9 Å². The van der Waals surface area contributed by atoms with Crippen molar-refractivity contribution in [3.63, 3.8) is 0 Å². The molecule has 0 aliphatic heterocycles. The van der Waals surface area contributed by atoms with Crippen LogP contribution in [0.5, 0.6) is 0 Å². The van der Waals surface area contributed by atoms with Crippen molar-refractivity contribution in [1.29, 1.82) is 0 Å². The summed E-state index contributed by atoms with van der Waals surface area (Å²) in [5.74, 6) is -0.336. The Morgan fingerprint density at radius 2 is 2.00 bits per heavy atom. The number of amides is 1. The molecule has 0 bridgehead atoms. The lowest BCUT2D eigenvalue weighted by molar-refractivity contribution is -0.119. The smallest absolute Gasteiger partial charge is 0.234 e. The second kappa shape index (κ2) is 6.68. The Hall–Kier alpha value is -1.65. The van der Waals surface area contributed by atoms with Crippen LogP contribution in [0.4, 0.5) is 0 Å². The van der Waals surface area contributed by atoms with Crippen LogP contribution in [0.25, 0.3) is 0 Å². The molecule has 0 radical (unpaired) electrons. The normalized spacial score (nSPS) is 13.9. The molecule has 0 spiro atoms. The maximum Gasteiger partial charge on any atom is 0.234 e. The minimum Gasteiger partial charge on any atom is -0.368 e. The average Bonchev–Trinajstić information content (AvgIpc) is 2.98. The molecule has 1 heterocycles. The Labute approximate surface area is 123 Å². The van der Waals surface area contributed by atoms with Gasteiger partial charge < -0.3 is 5.73 Å². The van der Waals surface area contributed by atoms with Gasteiger partial charge in [0, 0.05) is 4.88 Å². The van der Waals surface area contributed by atoms with E-state index in [1.54, 1.807) is 18.3 Å². The number of carbonyl (C=O) groups is 1. The predicted molar refractivity (Wildman–Crippen MR) is 83.8 cm³/mol. The van der Waals surface area contributed by atoms with E-state index in [9.17, 15) is 4.79 Å². The predicted octanol–water partition coefficient (Wildman–Crippen LogP) is 2.86. The quantitative estimate of drug-likeness (QED) is 0.858. The minimum absolute atomic E-state index is 0.00315. The number of nitrogens with one attached hydrogen (secondary N) is 1. The SMILES string of the molecule is CCc1ccc([C@H](N[C@H](C)C(N)=O)c2cccs2)cc1. The molecule has 4 heteroatoms. The molecule has 3 nitrogen and oxygen atoms in total. The van der Waals surface area contributed by atoms with Crippen LogP contribution in [-0.2, 0) is 11.2 Å². The van der Waals surface area contributed by atoms with E-state index in [1.165, 1.54) is 10.4 Å². The zero-order chi connectivity index (χ0) is 14.5. The molecule has 1 aromatic carbocycles. The van der Waals surface area contributed by atoms with E-state index in [-0.39, 0.29) is 18.0 Å². The molecule has 2 rings (SSSR count). The molecular formula is C16H20N2OS. The van der Waals surface area contributed by atoms with E-state index in [1.807, 2.05) is 11.4 Å². The van der Waals surface area contributed by atoms with Crippen molar-refractivity contribution in [3.05, 3.63) is 57.8 Å². The van der Waals surface area contributed by atoms with Gasteiger partial charge in [0.15, 0.2) is 0 Å². The fourth-order valence-corrected chi connectivity index (χ4v) is 2.89. The maximum absolute atomic E-state index is 11.3. The molecule has 1 amide bonds. The van der Waals surface area contributed by atoms with Gasteiger partial charge in [-0.25, -0.2) is 0 Å². The van der Waals surface area contributed by atoms with Gasteiger partial charge in [-0.3, -0.25) is 10.1 Å². The number of nitrogens with two attached hydrogens (primary N) is 1. The largest absolute Gasteiger partial charge is 0.368 e. The lowest BCUT2D eigenvalue weighted by atomic mass is 10.0. The fraction of sp³-hybridized carbons (Fsp3) is 0.312. The number of hydrogen-bond donors (Lipinski definition) is 2. The van der Waals surface area contributed by atoms with Crippen LogP contribution in [0.1, 0.15) is 35.9 Å². The third kappa shape index (κ3) is 3.46. The summed E-state index contributed by atoms with van der Waals surface area (Å²) in [4.78, 5) is 12.5. The molecule has 2 atom stereocenters. The van der Waals surface area contributed by atoms with Crippen molar-refractivity contribution in [3.8, 4) is 0 Å². The fourth-order valence-electron chi connectivity index (χ4n) is 2.08. The van der Waals surface area contributed by atoms with Crippen molar-refractivity contribution < 1.29 is 4.79 Å². The van der Waals surface area contributed by atoms with Crippen molar-refractivity contribution in [1.82, 2.24) is 5.32 Å². The van der Waals surface area contributed by atoms with E-state index >= 15 is 0 Å². The van der Waals surface area contributed by atoms with Gasteiger partial charge in [0.2, 0.25) is 5.91 Å². The number of rotatable bonds is 6. The first kappa shape index (κ1) is 14.8. The highest BCUT2D eigenvalue weighted by molar-refractivity contribution is 7.10. The summed E-state index contributed by atoms with van der Waals surface area (Å²) in [5, 5.41) is 5.35. The molecule has 0 unspecified atom stereocenters. The number of carbonyl (C=O) groups excluding carboxylic acids is 1. The lowest BCUT2D eigenvalue weighted by Gasteiger charge is -2.21. The number of benzene rings is 1.